The summed E-state index contributed by atoms with van der Waals surface area (Å²) in [5.41, 5.74) is 0.497. The fraction of sp³-hybridized carbons (Fsp3) is 0.222. The quantitative estimate of drug-likeness (QED) is 0.694. The molecule has 0 aliphatic rings. The van der Waals surface area contributed by atoms with Crippen LogP contribution in [-0.2, 0) is 9.53 Å². The van der Waals surface area contributed by atoms with E-state index in [1.165, 1.54) is 39.5 Å². The van der Waals surface area contributed by atoms with Crippen LogP contribution >= 0.6 is 23.2 Å². The number of amides is 1. The maximum absolute atomic E-state index is 12.1. The van der Waals surface area contributed by atoms with Crippen LogP contribution in [-0.4, -0.2) is 39.8 Å². The second-order valence-electron chi connectivity index (χ2n) is 5.16. The van der Waals surface area contributed by atoms with Gasteiger partial charge in [-0.3, -0.25) is 4.79 Å². The molecule has 0 saturated carbocycles. The van der Waals surface area contributed by atoms with Gasteiger partial charge in [0, 0.05) is 22.8 Å². The van der Waals surface area contributed by atoms with E-state index in [0.29, 0.717) is 28.0 Å². The number of nitrogens with one attached hydrogen (secondary N) is 1. The number of hydrogen-bond acceptors (Lipinski definition) is 6. The summed E-state index contributed by atoms with van der Waals surface area (Å²) in [7, 11) is 4.39. The lowest BCUT2D eigenvalue weighted by Gasteiger charge is -2.14. The Balaban J connectivity index is 2.04. The third-order valence-corrected chi connectivity index (χ3v) is 3.98. The molecule has 144 valence electrons. The first kappa shape index (κ1) is 20.7. The van der Waals surface area contributed by atoms with Crippen LogP contribution in [0.4, 0.5) is 5.69 Å². The fourth-order valence-corrected chi connectivity index (χ4v) is 2.70. The Labute approximate surface area is 166 Å². The van der Waals surface area contributed by atoms with Gasteiger partial charge in [-0.25, -0.2) is 4.79 Å². The molecule has 9 heteroatoms. The zero-order valence-corrected chi connectivity index (χ0v) is 16.3. The molecule has 0 aliphatic heterocycles. The largest absolute Gasteiger partial charge is 0.493 e. The number of methoxy groups -OCH3 is 3. The fourth-order valence-electron chi connectivity index (χ4n) is 2.21. The molecule has 7 nitrogen and oxygen atoms in total. The smallest absolute Gasteiger partial charge is 0.340 e. The number of benzene rings is 2. The highest BCUT2D eigenvalue weighted by Crippen LogP contribution is 2.39. The molecule has 0 atom stereocenters. The van der Waals surface area contributed by atoms with Crippen molar-refractivity contribution in [3.8, 4) is 17.2 Å². The monoisotopic (exact) mass is 413 g/mol. The lowest BCUT2D eigenvalue weighted by molar-refractivity contribution is -0.119. The molecule has 0 aromatic heterocycles. The minimum atomic E-state index is -0.739. The zero-order valence-electron chi connectivity index (χ0n) is 14.8. The number of hydrogen-bond donors (Lipinski definition) is 1. The van der Waals surface area contributed by atoms with Gasteiger partial charge in [-0.1, -0.05) is 23.2 Å². The predicted octanol–water partition coefficient (Wildman–Crippen LogP) is 3.81. The number of rotatable bonds is 7. The van der Waals surface area contributed by atoms with E-state index in [-0.39, 0.29) is 10.6 Å². The highest BCUT2D eigenvalue weighted by atomic mass is 35.5. The summed E-state index contributed by atoms with van der Waals surface area (Å²) in [6, 6.07) is 7.44. The van der Waals surface area contributed by atoms with Crippen molar-refractivity contribution in [1.82, 2.24) is 0 Å². The summed E-state index contributed by atoms with van der Waals surface area (Å²) in [6.07, 6.45) is 0. The molecule has 2 rings (SSSR count). The first-order chi connectivity index (χ1) is 12.9. The molecule has 2 aromatic rings. The second kappa shape index (κ2) is 9.34. The predicted molar refractivity (Wildman–Crippen MR) is 101 cm³/mol. The molecule has 0 aliphatic carbocycles. The van der Waals surface area contributed by atoms with Gasteiger partial charge in [0.1, 0.15) is 0 Å². The van der Waals surface area contributed by atoms with Gasteiger partial charge in [-0.05, 0) is 18.2 Å². The number of halogens is 2. The van der Waals surface area contributed by atoms with Gasteiger partial charge in [-0.15, -0.1) is 0 Å². The summed E-state index contributed by atoms with van der Waals surface area (Å²) in [4.78, 5) is 24.1. The average molecular weight is 414 g/mol. The Bertz CT molecular complexity index is 831. The van der Waals surface area contributed by atoms with Crippen LogP contribution in [0, 0.1) is 0 Å². The van der Waals surface area contributed by atoms with Crippen LogP contribution in [0.5, 0.6) is 17.2 Å². The van der Waals surface area contributed by atoms with E-state index in [1.807, 2.05) is 0 Å². The van der Waals surface area contributed by atoms with Crippen molar-refractivity contribution in [2.24, 2.45) is 0 Å². The van der Waals surface area contributed by atoms with Gasteiger partial charge in [0.05, 0.1) is 31.9 Å². The van der Waals surface area contributed by atoms with Crippen molar-refractivity contribution < 1.29 is 28.5 Å². The first-order valence-corrected chi connectivity index (χ1v) is 8.37. The lowest BCUT2D eigenvalue weighted by Crippen LogP contribution is -2.21. The molecule has 0 bridgehead atoms. The Morgan fingerprint density at radius 2 is 1.59 bits per heavy atom. The Morgan fingerprint density at radius 3 is 2.11 bits per heavy atom. The van der Waals surface area contributed by atoms with Gasteiger partial charge < -0.3 is 24.3 Å². The molecule has 0 radical (unpaired) electrons. The number of carbonyl (C=O) groups is 2. The standard InChI is InChI=1S/C18H17Cl2NO6/c1-24-14-7-11(8-15(25-2)17(14)26-3)21-16(22)9-27-18(23)12-5-4-10(19)6-13(12)20/h4-8H,9H2,1-3H3,(H,21,22). The van der Waals surface area contributed by atoms with E-state index in [1.54, 1.807) is 12.1 Å². The van der Waals surface area contributed by atoms with Crippen LogP contribution in [0.25, 0.3) is 0 Å². The summed E-state index contributed by atoms with van der Waals surface area (Å²) in [5, 5.41) is 3.11. The topological polar surface area (TPSA) is 83.1 Å². The maximum atomic E-state index is 12.1. The lowest BCUT2D eigenvalue weighted by atomic mass is 10.2. The number of carbonyl (C=O) groups excluding carboxylic acids is 2. The molecular formula is C18H17Cl2NO6. The minimum absolute atomic E-state index is 0.113. The molecule has 27 heavy (non-hydrogen) atoms. The van der Waals surface area contributed by atoms with Crippen molar-refractivity contribution in [2.45, 2.75) is 0 Å². The minimum Gasteiger partial charge on any atom is -0.493 e. The maximum Gasteiger partial charge on any atom is 0.340 e. The van der Waals surface area contributed by atoms with E-state index in [0.717, 1.165) is 0 Å². The number of anilines is 1. The average Bonchev–Trinajstić information content (AvgIpc) is 2.65. The van der Waals surface area contributed by atoms with Crippen LogP contribution in [0.15, 0.2) is 30.3 Å². The van der Waals surface area contributed by atoms with Crippen molar-refractivity contribution in [3.05, 3.63) is 45.9 Å². The van der Waals surface area contributed by atoms with Crippen molar-refractivity contribution in [2.75, 3.05) is 33.3 Å². The molecule has 1 amide bonds. The Kier molecular flexibility index (Phi) is 7.15. The third kappa shape index (κ3) is 5.18. The molecule has 0 heterocycles. The molecule has 0 saturated heterocycles. The molecular weight excluding hydrogens is 397 g/mol. The highest BCUT2D eigenvalue weighted by molar-refractivity contribution is 6.36. The zero-order chi connectivity index (χ0) is 20.0. The molecule has 0 spiro atoms. The van der Waals surface area contributed by atoms with Gasteiger partial charge in [0.2, 0.25) is 5.75 Å². The molecule has 0 fully saturated rings. The summed E-state index contributed by atoms with van der Waals surface area (Å²) in [5.74, 6) is -0.157. The van der Waals surface area contributed by atoms with Gasteiger partial charge in [0.15, 0.2) is 18.1 Å². The van der Waals surface area contributed by atoms with Crippen molar-refractivity contribution in [3.63, 3.8) is 0 Å². The van der Waals surface area contributed by atoms with Crippen LogP contribution in [0.3, 0.4) is 0 Å². The van der Waals surface area contributed by atoms with Gasteiger partial charge >= 0.3 is 5.97 Å². The Hall–Kier alpha value is -2.64. The van der Waals surface area contributed by atoms with Gasteiger partial charge in [-0.2, -0.15) is 0 Å². The second-order valence-corrected chi connectivity index (χ2v) is 6.01. The summed E-state index contributed by atoms with van der Waals surface area (Å²) < 4.78 is 20.6. The van der Waals surface area contributed by atoms with E-state index >= 15 is 0 Å². The van der Waals surface area contributed by atoms with Crippen molar-refractivity contribution in [1.29, 1.82) is 0 Å². The summed E-state index contributed by atoms with van der Waals surface area (Å²) in [6.45, 7) is -0.506. The number of ether oxygens (including phenoxy) is 4. The van der Waals surface area contributed by atoms with Crippen LogP contribution in [0.2, 0.25) is 10.0 Å². The van der Waals surface area contributed by atoms with Gasteiger partial charge in [0.25, 0.3) is 5.91 Å². The molecule has 0 unspecified atom stereocenters. The van der Waals surface area contributed by atoms with E-state index in [4.69, 9.17) is 42.1 Å². The van der Waals surface area contributed by atoms with Crippen LogP contribution in [0.1, 0.15) is 10.4 Å². The van der Waals surface area contributed by atoms with E-state index < -0.39 is 18.5 Å². The van der Waals surface area contributed by atoms with E-state index in [9.17, 15) is 9.59 Å². The highest BCUT2D eigenvalue weighted by Gasteiger charge is 2.17. The number of esters is 1. The van der Waals surface area contributed by atoms with Crippen LogP contribution < -0.4 is 19.5 Å². The van der Waals surface area contributed by atoms with Crippen molar-refractivity contribution >= 4 is 40.8 Å². The summed E-state index contributed by atoms with van der Waals surface area (Å²) >= 11 is 11.7. The normalized spacial score (nSPS) is 10.1. The van der Waals surface area contributed by atoms with E-state index in [2.05, 4.69) is 5.32 Å². The SMILES string of the molecule is COc1cc(NC(=O)COC(=O)c2ccc(Cl)cc2Cl)cc(OC)c1OC. The Morgan fingerprint density at radius 1 is 0.963 bits per heavy atom. The third-order valence-electron chi connectivity index (χ3n) is 3.43. The molecule has 2 aromatic carbocycles. The molecule has 1 N–H and O–H groups in total. The first-order valence-electron chi connectivity index (χ1n) is 7.61.